The van der Waals surface area contributed by atoms with Crippen LogP contribution in [0.2, 0.25) is 0 Å². The molecule has 0 aliphatic heterocycles. The van der Waals surface area contributed by atoms with E-state index in [0.717, 1.165) is 37.6 Å². The fourth-order valence-electron chi connectivity index (χ4n) is 3.40. The minimum absolute atomic E-state index is 0.826. The fourth-order valence-corrected chi connectivity index (χ4v) is 3.63. The summed E-state index contributed by atoms with van der Waals surface area (Å²) < 4.78 is 5.89. The van der Waals surface area contributed by atoms with Gasteiger partial charge in [0.05, 0.1) is 6.61 Å². The van der Waals surface area contributed by atoms with Crippen LogP contribution < -0.4 is 10.1 Å². The molecule has 1 N–H and O–H groups in total. The van der Waals surface area contributed by atoms with Crippen LogP contribution in [0.1, 0.15) is 74.5 Å². The van der Waals surface area contributed by atoms with Crippen molar-refractivity contribution in [1.29, 1.82) is 0 Å². The van der Waals surface area contributed by atoms with Crippen molar-refractivity contribution in [3.63, 3.8) is 0 Å². The molecule has 2 aromatic carbocycles. The largest absolute Gasteiger partial charge is 0.494 e. The molecule has 0 aliphatic rings. The maximum atomic E-state index is 5.89. The number of thiol groups is 1. The van der Waals surface area contributed by atoms with Crippen LogP contribution in [0.5, 0.6) is 5.75 Å². The first-order valence-corrected chi connectivity index (χ1v) is 12.0. The van der Waals surface area contributed by atoms with Gasteiger partial charge in [-0.25, -0.2) is 0 Å². The first kappa shape index (κ1) is 23.8. The molecule has 0 atom stereocenters. The summed E-state index contributed by atoms with van der Waals surface area (Å²) in [5.41, 5.74) is 3.92. The molecule has 0 bridgehead atoms. The molecule has 2 rings (SSSR count). The minimum atomic E-state index is 0.826. The van der Waals surface area contributed by atoms with Gasteiger partial charge in [0, 0.05) is 13.1 Å². The van der Waals surface area contributed by atoms with Gasteiger partial charge in [0.15, 0.2) is 0 Å². The second-order valence-electron chi connectivity index (χ2n) is 7.99. The normalized spacial score (nSPS) is 11.0. The molecule has 0 fully saturated rings. The number of benzene rings is 2. The molecule has 0 amide bonds. The predicted molar refractivity (Wildman–Crippen MR) is 129 cm³/mol. The van der Waals surface area contributed by atoms with Gasteiger partial charge in [-0.1, -0.05) is 86.9 Å². The summed E-state index contributed by atoms with van der Waals surface area (Å²) >= 11 is 4.26. The van der Waals surface area contributed by atoms with Gasteiger partial charge in [0.2, 0.25) is 0 Å². The van der Waals surface area contributed by atoms with E-state index in [9.17, 15) is 0 Å². The summed E-state index contributed by atoms with van der Waals surface area (Å²) in [4.78, 5) is 0. The third-order valence-corrected chi connectivity index (χ3v) is 5.59. The van der Waals surface area contributed by atoms with E-state index in [2.05, 4.69) is 73.4 Å². The minimum Gasteiger partial charge on any atom is -0.494 e. The van der Waals surface area contributed by atoms with Crippen LogP contribution in [0.15, 0.2) is 48.5 Å². The first-order chi connectivity index (χ1) is 14.3. The summed E-state index contributed by atoms with van der Waals surface area (Å²) in [7, 11) is 0. The Morgan fingerprint density at radius 2 is 1.14 bits per heavy atom. The highest BCUT2D eigenvalue weighted by Gasteiger charge is 1.98. The second kappa shape index (κ2) is 15.4. The lowest BCUT2D eigenvalue weighted by Crippen LogP contribution is -2.12. The molecule has 2 aromatic rings. The monoisotopic (exact) mass is 413 g/mol. The molecule has 160 valence electrons. The molecule has 0 saturated carbocycles. The van der Waals surface area contributed by atoms with Gasteiger partial charge in [-0.2, -0.15) is 12.6 Å². The number of ether oxygens (including phenoxy) is 1. The Morgan fingerprint density at radius 3 is 1.69 bits per heavy atom. The first-order valence-electron chi connectivity index (χ1n) is 11.4. The van der Waals surface area contributed by atoms with Gasteiger partial charge < -0.3 is 10.1 Å². The lowest BCUT2D eigenvalue weighted by Gasteiger charge is -2.09. The van der Waals surface area contributed by atoms with Crippen LogP contribution in [0.25, 0.3) is 0 Å². The Morgan fingerprint density at radius 1 is 0.655 bits per heavy atom. The van der Waals surface area contributed by atoms with Crippen LogP contribution in [-0.2, 0) is 13.1 Å². The molecule has 0 saturated heterocycles. The highest BCUT2D eigenvalue weighted by molar-refractivity contribution is 7.80. The highest BCUT2D eigenvalue weighted by atomic mass is 32.1. The number of rotatable bonds is 16. The third kappa shape index (κ3) is 11.3. The van der Waals surface area contributed by atoms with Crippen LogP contribution in [0.3, 0.4) is 0 Å². The fraction of sp³-hybridized carbons (Fsp3) is 0.538. The van der Waals surface area contributed by atoms with Crippen molar-refractivity contribution in [1.82, 2.24) is 5.32 Å². The van der Waals surface area contributed by atoms with Gasteiger partial charge in [-0.15, -0.1) is 0 Å². The van der Waals surface area contributed by atoms with E-state index in [1.54, 1.807) is 0 Å². The average Bonchev–Trinajstić information content (AvgIpc) is 2.74. The second-order valence-corrected chi connectivity index (χ2v) is 8.43. The summed E-state index contributed by atoms with van der Waals surface area (Å²) in [5, 5.41) is 3.50. The number of aryl methyl sites for hydroxylation is 1. The zero-order valence-electron chi connectivity index (χ0n) is 18.2. The summed E-state index contributed by atoms with van der Waals surface area (Å²) in [6.07, 6.45) is 11.9. The smallest absolute Gasteiger partial charge is 0.119 e. The van der Waals surface area contributed by atoms with E-state index in [-0.39, 0.29) is 0 Å². The van der Waals surface area contributed by atoms with Gasteiger partial charge in [0.1, 0.15) is 5.75 Å². The Hall–Kier alpha value is -1.45. The average molecular weight is 414 g/mol. The summed E-state index contributed by atoms with van der Waals surface area (Å²) in [6.45, 7) is 4.72. The van der Waals surface area contributed by atoms with Crippen molar-refractivity contribution in [2.24, 2.45) is 0 Å². The van der Waals surface area contributed by atoms with Crippen molar-refractivity contribution in [2.75, 3.05) is 12.4 Å². The molecule has 3 heteroatoms. The molecule has 2 nitrogen and oxygen atoms in total. The van der Waals surface area contributed by atoms with Gasteiger partial charge in [0.25, 0.3) is 0 Å². The van der Waals surface area contributed by atoms with E-state index in [1.807, 2.05) is 0 Å². The quantitative estimate of drug-likeness (QED) is 0.226. The molecular weight excluding hydrogens is 374 g/mol. The SMILES string of the molecule is Cc1ccc(CNCc2ccc(OCCCCCCCCCCCS)cc2)cc1. The Kier molecular flexibility index (Phi) is 12.7. The molecule has 29 heavy (non-hydrogen) atoms. The number of hydrogen-bond acceptors (Lipinski definition) is 3. The van der Waals surface area contributed by atoms with Crippen LogP contribution in [0, 0.1) is 6.92 Å². The Balaban J connectivity index is 1.48. The summed E-state index contributed by atoms with van der Waals surface area (Å²) in [5.74, 6) is 2.02. The molecular formula is C26H39NOS. The molecule has 0 unspecified atom stereocenters. The molecule has 0 radical (unpaired) electrons. The van der Waals surface area contributed by atoms with E-state index in [1.165, 1.54) is 68.1 Å². The number of hydrogen-bond donors (Lipinski definition) is 2. The molecule has 0 aliphatic carbocycles. The highest BCUT2D eigenvalue weighted by Crippen LogP contribution is 2.14. The topological polar surface area (TPSA) is 21.3 Å². The molecule has 0 aromatic heterocycles. The van der Waals surface area contributed by atoms with E-state index < -0.39 is 0 Å². The lowest BCUT2D eigenvalue weighted by atomic mass is 10.1. The summed E-state index contributed by atoms with van der Waals surface area (Å²) in [6, 6.07) is 17.2. The van der Waals surface area contributed by atoms with Crippen LogP contribution >= 0.6 is 12.6 Å². The van der Waals surface area contributed by atoms with E-state index in [0.29, 0.717) is 0 Å². The van der Waals surface area contributed by atoms with Gasteiger partial charge in [-0.3, -0.25) is 0 Å². The van der Waals surface area contributed by atoms with Crippen molar-refractivity contribution in [2.45, 2.75) is 77.8 Å². The zero-order chi connectivity index (χ0) is 20.6. The van der Waals surface area contributed by atoms with Gasteiger partial charge >= 0.3 is 0 Å². The lowest BCUT2D eigenvalue weighted by molar-refractivity contribution is 0.304. The number of unbranched alkanes of at least 4 members (excludes halogenated alkanes) is 8. The number of nitrogens with one attached hydrogen (secondary N) is 1. The standard InChI is InChI=1S/C26H39NOS/c1-23-11-13-24(14-12-23)21-27-22-25-15-17-26(18-16-25)28-19-9-7-5-3-2-4-6-8-10-20-29/h11-18,27,29H,2-10,19-22H2,1H3. The molecule has 0 spiro atoms. The van der Waals surface area contributed by atoms with Crippen molar-refractivity contribution in [3.8, 4) is 5.75 Å². The maximum absolute atomic E-state index is 5.89. The van der Waals surface area contributed by atoms with Crippen molar-refractivity contribution >= 4 is 12.6 Å². The maximum Gasteiger partial charge on any atom is 0.119 e. The van der Waals surface area contributed by atoms with Crippen LogP contribution in [0.4, 0.5) is 0 Å². The molecule has 0 heterocycles. The Bertz CT molecular complexity index is 639. The third-order valence-electron chi connectivity index (χ3n) is 5.27. The predicted octanol–water partition coefficient (Wildman–Crippen LogP) is 7.10. The van der Waals surface area contributed by atoms with E-state index >= 15 is 0 Å². The van der Waals surface area contributed by atoms with E-state index in [4.69, 9.17) is 4.74 Å². The van der Waals surface area contributed by atoms with Crippen molar-refractivity contribution < 1.29 is 4.74 Å². The Labute approximate surface area is 183 Å². The zero-order valence-corrected chi connectivity index (χ0v) is 19.1. The van der Waals surface area contributed by atoms with Crippen molar-refractivity contribution in [3.05, 3.63) is 65.2 Å². The van der Waals surface area contributed by atoms with Crippen LogP contribution in [-0.4, -0.2) is 12.4 Å². The van der Waals surface area contributed by atoms with Gasteiger partial charge in [-0.05, 0) is 48.8 Å².